The Labute approximate surface area is 118 Å². The monoisotopic (exact) mass is 264 g/mol. The first-order valence-corrected chi connectivity index (χ1v) is 6.66. The van der Waals surface area contributed by atoms with Gasteiger partial charge in [0.25, 0.3) is 0 Å². The molecule has 1 unspecified atom stereocenters. The fraction of sp³-hybridized carbons (Fsp3) is 0.111. The first kappa shape index (κ1) is 12.7. The van der Waals surface area contributed by atoms with Crippen LogP contribution in [0.5, 0.6) is 0 Å². The zero-order valence-corrected chi connectivity index (χ0v) is 11.0. The molecule has 0 radical (unpaired) electrons. The molecule has 1 atom stereocenters. The van der Waals surface area contributed by atoms with Gasteiger partial charge in [-0.15, -0.1) is 0 Å². The highest BCUT2D eigenvalue weighted by atomic mass is 16.3. The molecule has 0 fully saturated rings. The van der Waals surface area contributed by atoms with Crippen LogP contribution in [0.15, 0.2) is 83.7 Å². The highest BCUT2D eigenvalue weighted by Gasteiger charge is 2.25. The van der Waals surface area contributed by atoms with E-state index in [1.165, 1.54) is 0 Å². The maximum absolute atomic E-state index is 10.7. The lowest BCUT2D eigenvalue weighted by Crippen LogP contribution is -2.11. The van der Waals surface area contributed by atoms with E-state index in [2.05, 4.69) is 0 Å². The molecule has 20 heavy (non-hydrogen) atoms. The third-order valence-corrected chi connectivity index (χ3v) is 3.52. The van der Waals surface area contributed by atoms with Gasteiger partial charge in [-0.05, 0) is 17.2 Å². The van der Waals surface area contributed by atoms with Gasteiger partial charge < -0.3 is 9.52 Å². The van der Waals surface area contributed by atoms with Crippen LogP contribution in [-0.4, -0.2) is 5.11 Å². The molecule has 3 rings (SSSR count). The third kappa shape index (κ3) is 2.51. The van der Waals surface area contributed by atoms with Crippen molar-refractivity contribution in [3.8, 4) is 0 Å². The van der Waals surface area contributed by atoms with Gasteiger partial charge in [0.05, 0.1) is 18.6 Å². The second-order valence-electron chi connectivity index (χ2n) is 4.80. The van der Waals surface area contributed by atoms with E-state index in [0.717, 1.165) is 16.7 Å². The average Bonchev–Trinajstić information content (AvgIpc) is 3.04. The van der Waals surface area contributed by atoms with Crippen LogP contribution in [0.25, 0.3) is 0 Å². The average molecular weight is 264 g/mol. The minimum Gasteiger partial charge on any atom is -0.472 e. The Kier molecular flexibility index (Phi) is 3.66. The summed E-state index contributed by atoms with van der Waals surface area (Å²) in [5.74, 6) is -0.102. The second-order valence-corrected chi connectivity index (χ2v) is 4.80. The van der Waals surface area contributed by atoms with Crippen LogP contribution < -0.4 is 0 Å². The van der Waals surface area contributed by atoms with Crippen molar-refractivity contribution >= 4 is 0 Å². The maximum Gasteiger partial charge on any atom is 0.0960 e. The van der Waals surface area contributed by atoms with Crippen LogP contribution >= 0.6 is 0 Å². The van der Waals surface area contributed by atoms with Gasteiger partial charge in [0.15, 0.2) is 0 Å². The second kappa shape index (κ2) is 5.76. The van der Waals surface area contributed by atoms with Crippen molar-refractivity contribution < 1.29 is 9.52 Å². The van der Waals surface area contributed by atoms with Gasteiger partial charge in [0, 0.05) is 11.5 Å². The molecule has 0 aliphatic rings. The number of furan rings is 1. The maximum atomic E-state index is 10.7. The number of benzene rings is 2. The largest absolute Gasteiger partial charge is 0.472 e. The topological polar surface area (TPSA) is 33.4 Å². The van der Waals surface area contributed by atoms with Gasteiger partial charge in [-0.1, -0.05) is 60.7 Å². The summed E-state index contributed by atoms with van der Waals surface area (Å²) >= 11 is 0. The van der Waals surface area contributed by atoms with E-state index >= 15 is 0 Å². The summed E-state index contributed by atoms with van der Waals surface area (Å²) in [5.41, 5.74) is 2.97. The predicted octanol–water partition coefficient (Wildman–Crippen LogP) is 4.15. The lowest BCUT2D eigenvalue weighted by molar-refractivity contribution is 0.158. The summed E-state index contributed by atoms with van der Waals surface area (Å²) in [6.07, 6.45) is 2.56. The molecular formula is C18H16O2. The third-order valence-electron chi connectivity index (χ3n) is 3.52. The van der Waals surface area contributed by atoms with Crippen molar-refractivity contribution in [2.24, 2.45) is 0 Å². The lowest BCUT2D eigenvalue weighted by atomic mass is 9.84. The molecule has 0 spiro atoms. The molecule has 0 aliphatic heterocycles. The smallest absolute Gasteiger partial charge is 0.0960 e. The highest BCUT2D eigenvalue weighted by Crippen LogP contribution is 2.36. The standard InChI is InChI=1S/C18H16O2/c19-18(16-11-12-20-13-16)17(14-7-3-1-4-8-14)15-9-5-2-6-10-15/h1-13,17-19H. The Balaban J connectivity index is 2.05. The molecule has 2 aromatic carbocycles. The van der Waals surface area contributed by atoms with Crippen LogP contribution in [-0.2, 0) is 0 Å². The van der Waals surface area contributed by atoms with Crippen molar-refractivity contribution in [2.45, 2.75) is 12.0 Å². The Morgan fingerprint density at radius 2 is 1.25 bits per heavy atom. The van der Waals surface area contributed by atoms with E-state index in [-0.39, 0.29) is 5.92 Å². The van der Waals surface area contributed by atoms with Crippen LogP contribution in [0.4, 0.5) is 0 Å². The zero-order valence-electron chi connectivity index (χ0n) is 11.0. The Morgan fingerprint density at radius 1 is 0.700 bits per heavy atom. The molecule has 0 amide bonds. The summed E-state index contributed by atoms with van der Waals surface area (Å²) < 4.78 is 5.10. The van der Waals surface area contributed by atoms with Gasteiger partial charge in [-0.2, -0.15) is 0 Å². The zero-order chi connectivity index (χ0) is 13.8. The minimum absolute atomic E-state index is 0.102. The highest BCUT2D eigenvalue weighted by molar-refractivity contribution is 5.36. The van der Waals surface area contributed by atoms with Gasteiger partial charge >= 0.3 is 0 Å². The molecule has 0 bridgehead atoms. The number of hydrogen-bond donors (Lipinski definition) is 1. The summed E-state index contributed by atoms with van der Waals surface area (Å²) in [7, 11) is 0. The molecule has 1 aromatic heterocycles. The summed E-state index contributed by atoms with van der Waals surface area (Å²) in [5, 5.41) is 10.7. The summed E-state index contributed by atoms with van der Waals surface area (Å²) in [4.78, 5) is 0. The van der Waals surface area contributed by atoms with Gasteiger partial charge in [-0.25, -0.2) is 0 Å². The fourth-order valence-electron chi connectivity index (χ4n) is 2.51. The first-order valence-electron chi connectivity index (χ1n) is 6.66. The van der Waals surface area contributed by atoms with Gasteiger partial charge in [0.2, 0.25) is 0 Å². The number of hydrogen-bond acceptors (Lipinski definition) is 2. The number of aliphatic hydroxyl groups is 1. The van der Waals surface area contributed by atoms with E-state index in [0.29, 0.717) is 0 Å². The SMILES string of the molecule is OC(c1ccoc1)C(c1ccccc1)c1ccccc1. The number of aliphatic hydroxyl groups excluding tert-OH is 1. The Bertz CT molecular complexity index is 590. The van der Waals surface area contributed by atoms with E-state index in [4.69, 9.17) is 4.42 Å². The molecule has 1 heterocycles. The Morgan fingerprint density at radius 3 is 1.70 bits per heavy atom. The van der Waals surface area contributed by atoms with Gasteiger partial charge in [-0.3, -0.25) is 0 Å². The van der Waals surface area contributed by atoms with Crippen molar-refractivity contribution in [3.05, 3.63) is 95.9 Å². The van der Waals surface area contributed by atoms with Crippen LogP contribution in [0.3, 0.4) is 0 Å². The summed E-state index contributed by atoms with van der Waals surface area (Å²) in [6, 6.07) is 21.9. The molecule has 0 saturated heterocycles. The molecule has 0 aliphatic carbocycles. The first-order chi connectivity index (χ1) is 9.86. The van der Waals surface area contributed by atoms with Crippen LogP contribution in [0.2, 0.25) is 0 Å². The molecule has 2 heteroatoms. The molecule has 3 aromatic rings. The van der Waals surface area contributed by atoms with Crippen molar-refractivity contribution in [3.63, 3.8) is 0 Å². The van der Waals surface area contributed by atoms with E-state index in [9.17, 15) is 5.11 Å². The minimum atomic E-state index is -0.626. The lowest BCUT2D eigenvalue weighted by Gasteiger charge is -2.23. The normalized spacial score (nSPS) is 12.5. The predicted molar refractivity (Wildman–Crippen MR) is 78.4 cm³/mol. The van der Waals surface area contributed by atoms with Crippen molar-refractivity contribution in [1.29, 1.82) is 0 Å². The molecular weight excluding hydrogens is 248 g/mol. The number of rotatable bonds is 4. The van der Waals surface area contributed by atoms with E-state index < -0.39 is 6.10 Å². The molecule has 0 saturated carbocycles. The molecule has 1 N–H and O–H groups in total. The Hall–Kier alpha value is -2.32. The van der Waals surface area contributed by atoms with E-state index in [1.807, 2.05) is 66.7 Å². The summed E-state index contributed by atoms with van der Waals surface area (Å²) in [6.45, 7) is 0. The van der Waals surface area contributed by atoms with E-state index in [1.54, 1.807) is 12.5 Å². The molecule has 100 valence electrons. The fourth-order valence-corrected chi connectivity index (χ4v) is 2.51. The van der Waals surface area contributed by atoms with Crippen LogP contribution in [0, 0.1) is 0 Å². The molecule has 2 nitrogen and oxygen atoms in total. The van der Waals surface area contributed by atoms with Crippen molar-refractivity contribution in [1.82, 2.24) is 0 Å². The van der Waals surface area contributed by atoms with Crippen molar-refractivity contribution in [2.75, 3.05) is 0 Å². The van der Waals surface area contributed by atoms with Gasteiger partial charge in [0.1, 0.15) is 0 Å². The quantitative estimate of drug-likeness (QED) is 0.768. The van der Waals surface area contributed by atoms with Crippen LogP contribution in [0.1, 0.15) is 28.7 Å².